The smallest absolute Gasteiger partial charge is 0.321 e. The highest BCUT2D eigenvalue weighted by atomic mass is 35.5. The maximum atomic E-state index is 13.0. The van der Waals surface area contributed by atoms with Gasteiger partial charge < -0.3 is 10.2 Å². The number of nitrogens with one attached hydrogen (secondary N) is 1. The number of ketones is 1. The Bertz CT molecular complexity index is 754. The van der Waals surface area contributed by atoms with Gasteiger partial charge in [0.2, 0.25) is 0 Å². The normalized spacial score (nSPS) is 15.0. The first-order valence-corrected chi connectivity index (χ1v) is 8.52. The molecule has 0 aliphatic carbocycles. The minimum atomic E-state index is -0.356. The Kier molecular flexibility index (Phi) is 5.34. The van der Waals surface area contributed by atoms with Crippen LogP contribution in [0.3, 0.4) is 0 Å². The van der Waals surface area contributed by atoms with Crippen LogP contribution >= 0.6 is 11.6 Å². The van der Waals surface area contributed by atoms with Crippen LogP contribution in [0.1, 0.15) is 23.2 Å². The van der Waals surface area contributed by atoms with E-state index in [1.807, 2.05) is 0 Å². The van der Waals surface area contributed by atoms with Crippen LogP contribution in [-0.2, 0) is 0 Å². The topological polar surface area (TPSA) is 49.4 Å². The first kappa shape index (κ1) is 17.4. The van der Waals surface area contributed by atoms with Gasteiger partial charge in [0.1, 0.15) is 5.82 Å². The lowest BCUT2D eigenvalue weighted by molar-refractivity contribution is 0.0859. The molecule has 2 amide bonds. The number of hydrogen-bond acceptors (Lipinski definition) is 2. The van der Waals surface area contributed by atoms with Crippen LogP contribution in [0.5, 0.6) is 0 Å². The van der Waals surface area contributed by atoms with Gasteiger partial charge in [0.25, 0.3) is 0 Å². The molecule has 25 heavy (non-hydrogen) atoms. The molecule has 1 N–H and O–H groups in total. The molecule has 0 bridgehead atoms. The maximum Gasteiger partial charge on any atom is 0.321 e. The summed E-state index contributed by atoms with van der Waals surface area (Å²) in [4.78, 5) is 26.4. The fourth-order valence-electron chi connectivity index (χ4n) is 2.93. The van der Waals surface area contributed by atoms with Gasteiger partial charge in [0, 0.05) is 35.3 Å². The van der Waals surface area contributed by atoms with Gasteiger partial charge in [-0.2, -0.15) is 0 Å². The lowest BCUT2D eigenvalue weighted by atomic mass is 9.89. The average molecular weight is 361 g/mol. The Morgan fingerprint density at radius 2 is 1.60 bits per heavy atom. The third-order valence-corrected chi connectivity index (χ3v) is 4.63. The summed E-state index contributed by atoms with van der Waals surface area (Å²) in [6.45, 7) is 1.02. The Morgan fingerprint density at radius 1 is 1.00 bits per heavy atom. The van der Waals surface area contributed by atoms with E-state index in [4.69, 9.17) is 11.6 Å². The van der Waals surface area contributed by atoms with Crippen molar-refractivity contribution in [3.05, 3.63) is 64.9 Å². The van der Waals surface area contributed by atoms with Crippen molar-refractivity contribution in [1.29, 1.82) is 0 Å². The number of rotatable bonds is 3. The summed E-state index contributed by atoms with van der Waals surface area (Å²) >= 11 is 5.83. The molecule has 1 saturated heterocycles. The number of piperidine rings is 1. The van der Waals surface area contributed by atoms with Crippen LogP contribution in [0.2, 0.25) is 5.02 Å². The number of carbonyl (C=O) groups is 2. The second kappa shape index (κ2) is 7.66. The van der Waals surface area contributed by atoms with Crippen molar-refractivity contribution in [1.82, 2.24) is 4.90 Å². The lowest BCUT2D eigenvalue weighted by Gasteiger charge is -2.31. The summed E-state index contributed by atoms with van der Waals surface area (Å²) < 4.78 is 13.0. The van der Waals surface area contributed by atoms with Gasteiger partial charge >= 0.3 is 6.03 Å². The second-order valence-corrected chi connectivity index (χ2v) is 6.51. The van der Waals surface area contributed by atoms with Crippen molar-refractivity contribution < 1.29 is 14.0 Å². The number of likely N-dealkylation sites (tertiary alicyclic amines) is 1. The summed E-state index contributed by atoms with van der Waals surface area (Å²) in [7, 11) is 0. The van der Waals surface area contributed by atoms with Crippen molar-refractivity contribution in [2.45, 2.75) is 12.8 Å². The highest BCUT2D eigenvalue weighted by Gasteiger charge is 2.28. The van der Waals surface area contributed by atoms with Gasteiger partial charge in [-0.3, -0.25) is 4.79 Å². The molecule has 0 aromatic heterocycles. The van der Waals surface area contributed by atoms with Gasteiger partial charge in [0.15, 0.2) is 5.78 Å². The molecule has 6 heteroatoms. The number of benzene rings is 2. The highest BCUT2D eigenvalue weighted by molar-refractivity contribution is 6.30. The molecular weight excluding hydrogens is 343 g/mol. The Morgan fingerprint density at radius 3 is 2.20 bits per heavy atom. The van der Waals surface area contributed by atoms with E-state index >= 15 is 0 Å². The summed E-state index contributed by atoms with van der Waals surface area (Å²) in [6, 6.07) is 12.3. The third kappa shape index (κ3) is 4.37. The van der Waals surface area contributed by atoms with Crippen LogP contribution in [0.25, 0.3) is 0 Å². The number of amides is 2. The number of hydrogen-bond donors (Lipinski definition) is 1. The minimum absolute atomic E-state index is 0.0118. The standard InChI is InChI=1S/C19H18ClFN2O2/c20-15-3-7-17(8-4-15)22-19(25)23-11-9-14(10-12-23)18(24)13-1-5-16(21)6-2-13/h1-8,14H,9-12H2,(H,22,25). The van der Waals surface area contributed by atoms with Crippen LogP contribution in [-0.4, -0.2) is 29.8 Å². The zero-order chi connectivity index (χ0) is 17.8. The monoisotopic (exact) mass is 360 g/mol. The fraction of sp³-hybridized carbons (Fsp3) is 0.263. The summed E-state index contributed by atoms with van der Waals surface area (Å²) in [5.41, 5.74) is 1.20. The first-order valence-electron chi connectivity index (χ1n) is 8.14. The zero-order valence-corrected chi connectivity index (χ0v) is 14.3. The Labute approximate surface area is 150 Å². The lowest BCUT2D eigenvalue weighted by Crippen LogP contribution is -2.42. The van der Waals surface area contributed by atoms with Gasteiger partial charge in [-0.25, -0.2) is 9.18 Å². The molecule has 0 atom stereocenters. The number of nitrogens with zero attached hydrogens (tertiary/aromatic N) is 1. The van der Waals surface area contributed by atoms with E-state index in [1.165, 1.54) is 24.3 Å². The van der Waals surface area contributed by atoms with E-state index < -0.39 is 0 Å². The van der Waals surface area contributed by atoms with Crippen molar-refractivity contribution in [2.24, 2.45) is 5.92 Å². The Hall–Kier alpha value is -2.40. The molecule has 0 spiro atoms. The molecule has 1 aliphatic heterocycles. The number of urea groups is 1. The second-order valence-electron chi connectivity index (χ2n) is 6.07. The van der Waals surface area contributed by atoms with E-state index in [0.717, 1.165) is 0 Å². The number of carbonyl (C=O) groups excluding carboxylic acids is 2. The third-order valence-electron chi connectivity index (χ3n) is 4.38. The van der Waals surface area contributed by atoms with E-state index in [0.29, 0.717) is 42.2 Å². The molecule has 3 rings (SSSR count). The van der Waals surface area contributed by atoms with Gasteiger partial charge in [-0.1, -0.05) is 11.6 Å². The number of halogens is 2. The van der Waals surface area contributed by atoms with Gasteiger partial charge in [0.05, 0.1) is 0 Å². The predicted molar refractivity (Wildman–Crippen MR) is 95.5 cm³/mol. The highest BCUT2D eigenvalue weighted by Crippen LogP contribution is 2.23. The number of anilines is 1. The van der Waals surface area contributed by atoms with E-state index in [1.54, 1.807) is 29.2 Å². The molecule has 1 aliphatic rings. The summed E-state index contributed by atoms with van der Waals surface area (Å²) in [5.74, 6) is -0.479. The predicted octanol–water partition coefficient (Wildman–Crippen LogP) is 4.61. The molecule has 0 radical (unpaired) electrons. The molecule has 1 fully saturated rings. The fourth-order valence-corrected chi connectivity index (χ4v) is 3.06. The quantitative estimate of drug-likeness (QED) is 0.813. The Balaban J connectivity index is 1.54. The van der Waals surface area contributed by atoms with Gasteiger partial charge in [-0.05, 0) is 61.4 Å². The average Bonchev–Trinajstić information content (AvgIpc) is 2.64. The van der Waals surface area contributed by atoms with Crippen molar-refractivity contribution >= 4 is 29.1 Å². The van der Waals surface area contributed by atoms with Crippen molar-refractivity contribution in [2.75, 3.05) is 18.4 Å². The van der Waals surface area contributed by atoms with E-state index in [2.05, 4.69) is 5.32 Å². The van der Waals surface area contributed by atoms with Crippen LogP contribution in [0, 0.1) is 11.7 Å². The van der Waals surface area contributed by atoms with Crippen LogP contribution in [0.15, 0.2) is 48.5 Å². The molecule has 2 aromatic carbocycles. The largest absolute Gasteiger partial charge is 0.324 e. The van der Waals surface area contributed by atoms with Crippen molar-refractivity contribution in [3.63, 3.8) is 0 Å². The molecule has 0 unspecified atom stereocenters. The first-order chi connectivity index (χ1) is 12.0. The summed E-state index contributed by atoms with van der Waals surface area (Å²) in [5, 5.41) is 3.43. The zero-order valence-electron chi connectivity index (χ0n) is 13.5. The van der Waals surface area contributed by atoms with Crippen LogP contribution < -0.4 is 5.32 Å². The molecule has 4 nitrogen and oxygen atoms in total. The molecule has 1 heterocycles. The van der Waals surface area contributed by atoms with Crippen LogP contribution in [0.4, 0.5) is 14.9 Å². The number of Topliss-reactive ketones (excluding diaryl/α,β-unsaturated/α-hetero) is 1. The van der Waals surface area contributed by atoms with E-state index in [9.17, 15) is 14.0 Å². The molecular formula is C19H18ClFN2O2. The minimum Gasteiger partial charge on any atom is -0.324 e. The SMILES string of the molecule is O=C(c1ccc(F)cc1)C1CCN(C(=O)Nc2ccc(Cl)cc2)CC1. The molecule has 130 valence electrons. The van der Waals surface area contributed by atoms with E-state index in [-0.39, 0.29) is 23.5 Å². The molecule has 0 saturated carbocycles. The summed E-state index contributed by atoms with van der Waals surface area (Å²) in [6.07, 6.45) is 1.20. The molecule has 2 aromatic rings. The maximum absolute atomic E-state index is 13.0. The van der Waals surface area contributed by atoms with Gasteiger partial charge in [-0.15, -0.1) is 0 Å². The van der Waals surface area contributed by atoms with Crippen molar-refractivity contribution in [3.8, 4) is 0 Å².